The predicted octanol–water partition coefficient (Wildman–Crippen LogP) is 5.43. The molecule has 22 heavy (non-hydrogen) atoms. The van der Waals surface area contributed by atoms with Gasteiger partial charge in [0.2, 0.25) is 0 Å². The van der Waals surface area contributed by atoms with E-state index < -0.39 is 5.60 Å². The summed E-state index contributed by atoms with van der Waals surface area (Å²) in [7, 11) is 0. The zero-order chi connectivity index (χ0) is 16.0. The lowest BCUT2D eigenvalue weighted by atomic mass is 9.90. The summed E-state index contributed by atoms with van der Waals surface area (Å²) >= 11 is 0. The van der Waals surface area contributed by atoms with Gasteiger partial charge in [-0.25, -0.2) is 0 Å². The van der Waals surface area contributed by atoms with E-state index in [0.29, 0.717) is 6.61 Å². The second-order valence-electron chi connectivity index (χ2n) is 5.77. The molecule has 0 aliphatic heterocycles. The van der Waals surface area contributed by atoms with Gasteiger partial charge in [0.1, 0.15) is 5.60 Å². The molecule has 1 unspecified atom stereocenters. The number of hydrogen-bond acceptors (Lipinski definition) is 1. The van der Waals surface area contributed by atoms with Crippen LogP contribution in [0.5, 0.6) is 0 Å². The van der Waals surface area contributed by atoms with Gasteiger partial charge < -0.3 is 4.74 Å². The standard InChI is InChI=1S/C21H24O/c1-5-16-22-21(4,20-9-7-6-8-18(20)3)15-14-19-12-10-17(2)11-13-19/h5-15H,1,16H2,2-4H3/b15-14+. The zero-order valence-electron chi connectivity index (χ0n) is 13.7. The Morgan fingerprint density at radius 1 is 1.05 bits per heavy atom. The van der Waals surface area contributed by atoms with Gasteiger partial charge in [0.15, 0.2) is 0 Å². The van der Waals surface area contributed by atoms with Gasteiger partial charge >= 0.3 is 0 Å². The summed E-state index contributed by atoms with van der Waals surface area (Å²) < 4.78 is 6.09. The van der Waals surface area contributed by atoms with Crippen molar-refractivity contribution in [1.82, 2.24) is 0 Å². The van der Waals surface area contributed by atoms with E-state index in [-0.39, 0.29) is 0 Å². The third-order valence-electron chi connectivity index (χ3n) is 3.85. The molecule has 0 aliphatic rings. The molecule has 1 atom stereocenters. The van der Waals surface area contributed by atoms with E-state index in [1.165, 1.54) is 22.3 Å². The molecule has 2 aromatic carbocycles. The fourth-order valence-electron chi connectivity index (χ4n) is 2.51. The Kier molecular flexibility index (Phi) is 5.35. The molecular weight excluding hydrogens is 268 g/mol. The van der Waals surface area contributed by atoms with E-state index in [0.717, 1.165) is 0 Å². The van der Waals surface area contributed by atoms with Crippen LogP contribution in [-0.2, 0) is 10.3 Å². The second-order valence-corrected chi connectivity index (χ2v) is 5.77. The smallest absolute Gasteiger partial charge is 0.109 e. The van der Waals surface area contributed by atoms with Crippen molar-refractivity contribution in [2.75, 3.05) is 6.61 Å². The van der Waals surface area contributed by atoms with Gasteiger partial charge in [-0.05, 0) is 43.5 Å². The van der Waals surface area contributed by atoms with E-state index in [1.54, 1.807) is 6.08 Å². The molecule has 0 saturated carbocycles. The number of hydrogen-bond donors (Lipinski definition) is 0. The van der Waals surface area contributed by atoms with Crippen LogP contribution in [-0.4, -0.2) is 6.61 Å². The molecule has 0 fully saturated rings. The summed E-state index contributed by atoms with van der Waals surface area (Å²) in [6.45, 7) is 10.6. The van der Waals surface area contributed by atoms with E-state index in [4.69, 9.17) is 4.74 Å². The maximum Gasteiger partial charge on any atom is 0.109 e. The zero-order valence-corrected chi connectivity index (χ0v) is 13.7. The minimum atomic E-state index is -0.468. The van der Waals surface area contributed by atoms with Crippen molar-refractivity contribution < 1.29 is 4.74 Å². The van der Waals surface area contributed by atoms with Crippen LogP contribution in [0.15, 0.2) is 67.3 Å². The highest BCUT2D eigenvalue weighted by Gasteiger charge is 2.25. The van der Waals surface area contributed by atoms with Crippen LogP contribution < -0.4 is 0 Å². The minimum Gasteiger partial charge on any atom is -0.362 e. The summed E-state index contributed by atoms with van der Waals surface area (Å²) in [5.41, 5.74) is 4.38. The van der Waals surface area contributed by atoms with E-state index in [2.05, 4.69) is 88.0 Å². The monoisotopic (exact) mass is 292 g/mol. The summed E-state index contributed by atoms with van der Waals surface area (Å²) in [5.74, 6) is 0. The Bertz CT molecular complexity index is 652. The van der Waals surface area contributed by atoms with Crippen molar-refractivity contribution in [2.45, 2.75) is 26.4 Å². The molecule has 0 spiro atoms. The fraction of sp³-hybridized carbons (Fsp3) is 0.238. The lowest BCUT2D eigenvalue weighted by molar-refractivity contribution is 0.0207. The first-order valence-electron chi connectivity index (χ1n) is 7.62. The first-order chi connectivity index (χ1) is 10.5. The largest absolute Gasteiger partial charge is 0.362 e. The van der Waals surface area contributed by atoms with Gasteiger partial charge in [0, 0.05) is 0 Å². The average molecular weight is 292 g/mol. The lowest BCUT2D eigenvalue weighted by Gasteiger charge is -2.28. The number of rotatable bonds is 6. The second kappa shape index (κ2) is 7.24. The van der Waals surface area contributed by atoms with Crippen LogP contribution in [0.2, 0.25) is 0 Å². The van der Waals surface area contributed by atoms with Crippen LogP contribution in [0.25, 0.3) is 6.08 Å². The van der Waals surface area contributed by atoms with Gasteiger partial charge in [0.05, 0.1) is 6.61 Å². The Hall–Kier alpha value is -2.12. The van der Waals surface area contributed by atoms with Crippen molar-refractivity contribution in [2.24, 2.45) is 0 Å². The Labute approximate surface area is 134 Å². The summed E-state index contributed by atoms with van der Waals surface area (Å²) in [4.78, 5) is 0. The van der Waals surface area contributed by atoms with Gasteiger partial charge in [-0.1, -0.05) is 66.2 Å². The van der Waals surface area contributed by atoms with Crippen molar-refractivity contribution in [3.63, 3.8) is 0 Å². The first-order valence-corrected chi connectivity index (χ1v) is 7.62. The van der Waals surface area contributed by atoms with Crippen molar-refractivity contribution in [3.05, 3.63) is 89.5 Å². The molecule has 114 valence electrons. The number of ether oxygens (including phenoxy) is 1. The SMILES string of the molecule is C=CCOC(C)(/C=C/c1ccc(C)cc1)c1ccccc1C. The fourth-order valence-corrected chi connectivity index (χ4v) is 2.51. The maximum absolute atomic E-state index is 6.09. The predicted molar refractivity (Wildman–Crippen MR) is 94.9 cm³/mol. The molecular formula is C21H24O. The minimum absolute atomic E-state index is 0.468. The van der Waals surface area contributed by atoms with Crippen molar-refractivity contribution >= 4 is 6.08 Å². The average Bonchev–Trinajstić information content (AvgIpc) is 2.53. The highest BCUT2D eigenvalue weighted by atomic mass is 16.5. The number of benzene rings is 2. The maximum atomic E-state index is 6.09. The normalized spacial score (nSPS) is 14.0. The molecule has 0 aliphatic carbocycles. The molecule has 0 radical (unpaired) electrons. The van der Waals surface area contributed by atoms with Gasteiger partial charge in [-0.3, -0.25) is 0 Å². The lowest BCUT2D eigenvalue weighted by Crippen LogP contribution is -2.24. The molecule has 1 heteroatoms. The molecule has 1 nitrogen and oxygen atoms in total. The first kappa shape index (κ1) is 16.3. The van der Waals surface area contributed by atoms with E-state index in [1.807, 2.05) is 0 Å². The molecule has 0 amide bonds. The highest BCUT2D eigenvalue weighted by Crippen LogP contribution is 2.30. The van der Waals surface area contributed by atoms with Gasteiger partial charge in [-0.2, -0.15) is 0 Å². The van der Waals surface area contributed by atoms with Crippen molar-refractivity contribution in [1.29, 1.82) is 0 Å². The number of aryl methyl sites for hydroxylation is 2. The van der Waals surface area contributed by atoms with E-state index >= 15 is 0 Å². The van der Waals surface area contributed by atoms with Crippen LogP contribution in [0.4, 0.5) is 0 Å². The Balaban J connectivity index is 2.35. The third-order valence-corrected chi connectivity index (χ3v) is 3.85. The van der Waals surface area contributed by atoms with Gasteiger partial charge in [-0.15, -0.1) is 6.58 Å². The molecule has 0 aromatic heterocycles. The van der Waals surface area contributed by atoms with Crippen LogP contribution in [0, 0.1) is 13.8 Å². The Morgan fingerprint density at radius 3 is 2.36 bits per heavy atom. The van der Waals surface area contributed by atoms with Crippen LogP contribution >= 0.6 is 0 Å². The summed E-state index contributed by atoms with van der Waals surface area (Å²) in [6.07, 6.45) is 6.04. The van der Waals surface area contributed by atoms with Crippen LogP contribution in [0.1, 0.15) is 29.2 Å². The highest BCUT2D eigenvalue weighted by molar-refractivity contribution is 5.52. The van der Waals surface area contributed by atoms with Gasteiger partial charge in [0.25, 0.3) is 0 Å². The molecule has 0 bridgehead atoms. The van der Waals surface area contributed by atoms with Crippen LogP contribution in [0.3, 0.4) is 0 Å². The van der Waals surface area contributed by atoms with E-state index in [9.17, 15) is 0 Å². The summed E-state index contributed by atoms with van der Waals surface area (Å²) in [6, 6.07) is 16.8. The van der Waals surface area contributed by atoms with Crippen molar-refractivity contribution in [3.8, 4) is 0 Å². The molecule has 0 saturated heterocycles. The topological polar surface area (TPSA) is 9.23 Å². The Morgan fingerprint density at radius 2 is 1.73 bits per heavy atom. The molecule has 0 heterocycles. The third kappa shape index (κ3) is 3.96. The molecule has 2 aromatic rings. The molecule has 2 rings (SSSR count). The summed E-state index contributed by atoms with van der Waals surface area (Å²) in [5, 5.41) is 0. The quantitative estimate of drug-likeness (QED) is 0.645. The molecule has 0 N–H and O–H groups in total.